The molecule has 4 rings (SSSR count). The van der Waals surface area contributed by atoms with Crippen LogP contribution in [0.4, 0.5) is 0 Å². The Hall–Kier alpha value is -2.26. The molecule has 1 aliphatic rings. The average Bonchev–Trinajstić information content (AvgIpc) is 2.99. The Labute approximate surface area is 156 Å². The Morgan fingerprint density at radius 2 is 1.92 bits per heavy atom. The molecule has 1 aliphatic heterocycles. The van der Waals surface area contributed by atoms with Crippen LogP contribution in [-0.4, -0.2) is 29.7 Å². The first-order valence-electron chi connectivity index (χ1n) is 9.71. The van der Waals surface area contributed by atoms with E-state index >= 15 is 0 Å². The van der Waals surface area contributed by atoms with E-state index in [0.717, 1.165) is 31.7 Å². The van der Waals surface area contributed by atoms with Gasteiger partial charge in [-0.15, -0.1) is 0 Å². The van der Waals surface area contributed by atoms with Gasteiger partial charge in [-0.25, -0.2) is 0 Å². The van der Waals surface area contributed by atoms with Crippen LogP contribution in [0.1, 0.15) is 36.7 Å². The summed E-state index contributed by atoms with van der Waals surface area (Å²) >= 11 is 0. The van der Waals surface area contributed by atoms with Gasteiger partial charge in [0.25, 0.3) is 0 Å². The van der Waals surface area contributed by atoms with Crippen LogP contribution in [0.3, 0.4) is 0 Å². The monoisotopic (exact) mass is 348 g/mol. The van der Waals surface area contributed by atoms with E-state index in [0.29, 0.717) is 12.6 Å². The lowest BCUT2D eigenvalue weighted by Crippen LogP contribution is -2.31. The lowest BCUT2D eigenvalue weighted by Gasteiger charge is -2.31. The quantitative estimate of drug-likeness (QED) is 0.657. The first-order valence-corrected chi connectivity index (χ1v) is 9.71. The van der Waals surface area contributed by atoms with Gasteiger partial charge in [-0.1, -0.05) is 31.2 Å². The molecule has 0 bridgehead atoms. The van der Waals surface area contributed by atoms with Gasteiger partial charge in [-0.3, -0.25) is 4.90 Å². The number of fused-ring (bicyclic) bond motifs is 3. The molecule has 0 saturated heterocycles. The van der Waals surface area contributed by atoms with Crippen molar-refractivity contribution in [2.24, 2.45) is 0 Å². The van der Waals surface area contributed by atoms with Gasteiger partial charge in [0.05, 0.1) is 6.54 Å². The number of ether oxygens (including phenoxy) is 1. The fourth-order valence-corrected chi connectivity index (χ4v) is 4.16. The Morgan fingerprint density at radius 1 is 1.12 bits per heavy atom. The van der Waals surface area contributed by atoms with Crippen molar-refractivity contribution in [2.45, 2.75) is 39.3 Å². The van der Waals surface area contributed by atoms with E-state index in [4.69, 9.17) is 4.74 Å². The zero-order chi connectivity index (χ0) is 18.1. The second kappa shape index (κ2) is 7.16. The average molecular weight is 348 g/mol. The molecule has 0 fully saturated rings. The van der Waals surface area contributed by atoms with Crippen LogP contribution < -0.4 is 4.74 Å². The molecule has 2 aromatic carbocycles. The minimum Gasteiger partial charge on any atom is -0.492 e. The van der Waals surface area contributed by atoms with Crippen molar-refractivity contribution >= 4 is 10.9 Å². The summed E-state index contributed by atoms with van der Waals surface area (Å²) in [6.07, 6.45) is 2.19. The van der Waals surface area contributed by atoms with Crippen molar-refractivity contribution < 1.29 is 4.74 Å². The maximum Gasteiger partial charge on any atom is 0.119 e. The van der Waals surface area contributed by atoms with E-state index in [2.05, 4.69) is 48.6 Å². The van der Waals surface area contributed by atoms with Gasteiger partial charge in [-0.05, 0) is 55.8 Å². The number of rotatable bonds is 5. The molecule has 1 aromatic heterocycles. The van der Waals surface area contributed by atoms with Crippen molar-refractivity contribution in [1.82, 2.24) is 9.47 Å². The highest BCUT2D eigenvalue weighted by Crippen LogP contribution is 2.37. The molecule has 0 radical (unpaired) electrons. The molecular weight excluding hydrogens is 320 g/mol. The molecule has 26 heavy (non-hydrogen) atoms. The van der Waals surface area contributed by atoms with Gasteiger partial charge < -0.3 is 9.30 Å². The maximum atomic E-state index is 5.98. The number of hydrogen-bond acceptors (Lipinski definition) is 2. The zero-order valence-electron chi connectivity index (χ0n) is 16.0. The lowest BCUT2D eigenvalue weighted by atomic mass is 9.96. The van der Waals surface area contributed by atoms with Crippen LogP contribution in [0.25, 0.3) is 10.9 Å². The van der Waals surface area contributed by atoms with Crippen LogP contribution in [0.5, 0.6) is 5.75 Å². The van der Waals surface area contributed by atoms with Crippen molar-refractivity contribution in [3.05, 3.63) is 65.4 Å². The van der Waals surface area contributed by atoms with E-state index in [1.807, 2.05) is 30.3 Å². The Kier molecular flexibility index (Phi) is 4.73. The molecule has 3 nitrogen and oxygen atoms in total. The standard InChI is InChI=1S/C23H28N2O/c1-4-18-10-11-21-20(16-18)23-17(2)24(3)13-12-22(23)25(21)14-15-26-19-8-6-5-7-9-19/h5-11,16-17H,4,12-15H2,1-3H3. The Bertz CT molecular complexity index is 897. The lowest BCUT2D eigenvalue weighted by molar-refractivity contribution is 0.242. The topological polar surface area (TPSA) is 17.4 Å². The van der Waals surface area contributed by atoms with Gasteiger partial charge in [-0.2, -0.15) is 0 Å². The molecule has 2 heterocycles. The number of likely N-dealkylation sites (N-methyl/N-ethyl adjacent to an activating group) is 1. The van der Waals surface area contributed by atoms with Crippen LogP contribution in [0.2, 0.25) is 0 Å². The van der Waals surface area contributed by atoms with Gasteiger partial charge in [0, 0.05) is 35.6 Å². The smallest absolute Gasteiger partial charge is 0.119 e. The summed E-state index contributed by atoms with van der Waals surface area (Å²) in [4.78, 5) is 2.46. The molecule has 136 valence electrons. The summed E-state index contributed by atoms with van der Waals surface area (Å²) in [6, 6.07) is 17.5. The molecule has 0 aliphatic carbocycles. The second-order valence-corrected chi connectivity index (χ2v) is 7.29. The molecular formula is C23H28N2O. The highest BCUT2D eigenvalue weighted by molar-refractivity contribution is 5.87. The molecule has 0 amide bonds. The van der Waals surface area contributed by atoms with E-state index in [9.17, 15) is 0 Å². The molecule has 1 unspecified atom stereocenters. The van der Waals surface area contributed by atoms with E-state index in [-0.39, 0.29) is 0 Å². The summed E-state index contributed by atoms with van der Waals surface area (Å²) in [5.74, 6) is 0.944. The fraction of sp³-hybridized carbons (Fsp3) is 0.391. The fourth-order valence-electron chi connectivity index (χ4n) is 4.16. The van der Waals surface area contributed by atoms with Crippen LogP contribution in [-0.2, 0) is 19.4 Å². The number of benzene rings is 2. The van der Waals surface area contributed by atoms with Gasteiger partial charge >= 0.3 is 0 Å². The van der Waals surface area contributed by atoms with Crippen LogP contribution in [0, 0.1) is 0 Å². The molecule has 3 aromatic rings. The molecule has 0 N–H and O–H groups in total. The minimum atomic E-state index is 0.463. The van der Waals surface area contributed by atoms with Gasteiger partial charge in [0.1, 0.15) is 12.4 Å². The molecule has 1 atom stereocenters. The van der Waals surface area contributed by atoms with E-state index in [1.54, 1.807) is 0 Å². The number of hydrogen-bond donors (Lipinski definition) is 0. The summed E-state index contributed by atoms with van der Waals surface area (Å²) in [5, 5.41) is 1.43. The zero-order valence-corrected chi connectivity index (χ0v) is 16.0. The SMILES string of the molecule is CCc1ccc2c(c1)c1c(n2CCOc2ccccc2)CCN(C)C1C. The predicted molar refractivity (Wildman–Crippen MR) is 108 cm³/mol. The third kappa shape index (κ3) is 3.01. The van der Waals surface area contributed by atoms with Crippen molar-refractivity contribution in [2.75, 3.05) is 20.2 Å². The Morgan fingerprint density at radius 3 is 2.69 bits per heavy atom. The summed E-state index contributed by atoms with van der Waals surface area (Å²) in [7, 11) is 2.24. The Balaban J connectivity index is 1.69. The summed E-state index contributed by atoms with van der Waals surface area (Å²) in [5.41, 5.74) is 5.78. The van der Waals surface area contributed by atoms with E-state index in [1.165, 1.54) is 27.7 Å². The number of para-hydroxylation sites is 1. The van der Waals surface area contributed by atoms with Crippen LogP contribution >= 0.6 is 0 Å². The summed E-state index contributed by atoms with van der Waals surface area (Å²) in [6.45, 7) is 7.27. The first-order chi connectivity index (χ1) is 12.7. The summed E-state index contributed by atoms with van der Waals surface area (Å²) < 4.78 is 8.48. The van der Waals surface area contributed by atoms with Crippen LogP contribution in [0.15, 0.2) is 48.5 Å². The largest absolute Gasteiger partial charge is 0.492 e. The second-order valence-electron chi connectivity index (χ2n) is 7.29. The van der Waals surface area contributed by atoms with Crippen molar-refractivity contribution in [3.63, 3.8) is 0 Å². The number of aromatic nitrogens is 1. The van der Waals surface area contributed by atoms with Gasteiger partial charge in [0.15, 0.2) is 0 Å². The van der Waals surface area contributed by atoms with Crippen molar-refractivity contribution in [1.29, 1.82) is 0 Å². The van der Waals surface area contributed by atoms with Gasteiger partial charge in [0.2, 0.25) is 0 Å². The highest BCUT2D eigenvalue weighted by atomic mass is 16.5. The number of aryl methyl sites for hydroxylation is 1. The normalized spacial score (nSPS) is 17.4. The first kappa shape index (κ1) is 17.2. The number of nitrogens with zero attached hydrogens (tertiary/aromatic N) is 2. The third-order valence-electron chi connectivity index (χ3n) is 5.79. The molecule has 0 saturated carbocycles. The van der Waals surface area contributed by atoms with Crippen molar-refractivity contribution in [3.8, 4) is 5.75 Å². The predicted octanol–water partition coefficient (Wildman–Crippen LogP) is 4.83. The third-order valence-corrected chi connectivity index (χ3v) is 5.79. The highest BCUT2D eigenvalue weighted by Gasteiger charge is 2.27. The molecule has 0 spiro atoms. The maximum absolute atomic E-state index is 5.98. The van der Waals surface area contributed by atoms with E-state index < -0.39 is 0 Å². The minimum absolute atomic E-state index is 0.463. The molecule has 3 heteroatoms.